The summed E-state index contributed by atoms with van der Waals surface area (Å²) >= 11 is 0. The predicted molar refractivity (Wildman–Crippen MR) is 109 cm³/mol. The third-order valence-electron chi connectivity index (χ3n) is 5.10. The molecule has 27 heavy (non-hydrogen) atoms. The number of rotatable bonds is 6. The molecule has 0 radical (unpaired) electrons. The number of aromatic hydroxyl groups is 3. The van der Waals surface area contributed by atoms with Crippen LogP contribution in [-0.2, 0) is 12.8 Å². The van der Waals surface area contributed by atoms with E-state index in [2.05, 4.69) is 19.9 Å². The van der Waals surface area contributed by atoms with E-state index >= 15 is 0 Å². The van der Waals surface area contributed by atoms with Gasteiger partial charge in [-0.3, -0.25) is 0 Å². The van der Waals surface area contributed by atoms with Gasteiger partial charge >= 0.3 is 0 Å². The fourth-order valence-corrected chi connectivity index (χ4v) is 3.72. The summed E-state index contributed by atoms with van der Waals surface area (Å²) in [6, 6.07) is 20.3. The van der Waals surface area contributed by atoms with Gasteiger partial charge in [-0.2, -0.15) is 0 Å². The van der Waals surface area contributed by atoms with Gasteiger partial charge < -0.3 is 15.3 Å². The van der Waals surface area contributed by atoms with E-state index in [0.717, 1.165) is 35.1 Å². The van der Waals surface area contributed by atoms with Crippen molar-refractivity contribution in [1.82, 2.24) is 0 Å². The summed E-state index contributed by atoms with van der Waals surface area (Å²) in [5.41, 5.74) is 4.41. The Bertz CT molecular complexity index is 883. The molecule has 3 aromatic rings. The summed E-state index contributed by atoms with van der Waals surface area (Å²) in [7, 11) is 0. The zero-order chi connectivity index (χ0) is 19.4. The Morgan fingerprint density at radius 2 is 1.11 bits per heavy atom. The molecule has 0 spiro atoms. The highest BCUT2D eigenvalue weighted by Gasteiger charge is 2.19. The maximum absolute atomic E-state index is 10.6. The number of phenols is 3. The molecule has 2 unspecified atom stereocenters. The normalized spacial score (nSPS) is 13.3. The summed E-state index contributed by atoms with van der Waals surface area (Å²) in [5.74, 6) is 1.24. The molecule has 3 aromatic carbocycles. The standard InChI is InChI=1S/C24H26O3/c1-16(14-18-6-10-20(25)11-7-18)22-4-3-5-23(27)24(22)17(2)15-19-8-12-21(26)13-9-19/h3-13,16-17,25-27H,14-15H2,1-2H3. The van der Waals surface area contributed by atoms with Gasteiger partial charge in [-0.05, 0) is 71.7 Å². The monoisotopic (exact) mass is 362 g/mol. The molecule has 3 nitrogen and oxygen atoms in total. The Balaban J connectivity index is 1.84. The number of benzene rings is 3. The molecule has 0 saturated carbocycles. The molecule has 3 heteroatoms. The first-order valence-corrected chi connectivity index (χ1v) is 9.31. The summed E-state index contributed by atoms with van der Waals surface area (Å²) < 4.78 is 0. The molecule has 140 valence electrons. The van der Waals surface area contributed by atoms with Gasteiger partial charge in [-0.25, -0.2) is 0 Å². The van der Waals surface area contributed by atoms with E-state index in [9.17, 15) is 15.3 Å². The number of phenolic OH excluding ortho intramolecular Hbond substituents is 3. The molecule has 0 fully saturated rings. The van der Waals surface area contributed by atoms with Crippen molar-refractivity contribution in [2.24, 2.45) is 0 Å². The minimum Gasteiger partial charge on any atom is -0.508 e. The van der Waals surface area contributed by atoms with Crippen molar-refractivity contribution in [2.45, 2.75) is 38.5 Å². The van der Waals surface area contributed by atoms with Gasteiger partial charge in [0.1, 0.15) is 17.2 Å². The Labute approximate surface area is 160 Å². The van der Waals surface area contributed by atoms with Crippen LogP contribution in [0.3, 0.4) is 0 Å². The lowest BCUT2D eigenvalue weighted by atomic mass is 9.83. The Hall–Kier alpha value is -2.94. The van der Waals surface area contributed by atoms with Crippen molar-refractivity contribution >= 4 is 0 Å². The van der Waals surface area contributed by atoms with Gasteiger partial charge in [-0.15, -0.1) is 0 Å². The first kappa shape index (κ1) is 18.8. The second-order valence-corrected chi connectivity index (χ2v) is 7.32. The van der Waals surface area contributed by atoms with E-state index in [1.54, 1.807) is 30.3 Å². The molecule has 2 atom stereocenters. The predicted octanol–water partition coefficient (Wildman–Crippen LogP) is 5.50. The van der Waals surface area contributed by atoms with Crippen LogP contribution < -0.4 is 0 Å². The zero-order valence-electron chi connectivity index (χ0n) is 15.8. The first-order valence-electron chi connectivity index (χ1n) is 9.31. The smallest absolute Gasteiger partial charge is 0.119 e. The van der Waals surface area contributed by atoms with Crippen LogP contribution in [0.25, 0.3) is 0 Å². The van der Waals surface area contributed by atoms with Gasteiger partial charge in [0.15, 0.2) is 0 Å². The number of hydrogen-bond donors (Lipinski definition) is 3. The maximum atomic E-state index is 10.6. The van der Waals surface area contributed by atoms with E-state index in [1.165, 1.54) is 0 Å². The Morgan fingerprint density at radius 3 is 1.63 bits per heavy atom. The quantitative estimate of drug-likeness (QED) is 0.543. The topological polar surface area (TPSA) is 60.7 Å². The van der Waals surface area contributed by atoms with E-state index in [0.29, 0.717) is 5.75 Å². The van der Waals surface area contributed by atoms with Crippen molar-refractivity contribution in [3.05, 3.63) is 89.0 Å². The summed E-state index contributed by atoms with van der Waals surface area (Å²) in [5, 5.41) is 29.5. The molecular formula is C24H26O3. The van der Waals surface area contributed by atoms with Crippen molar-refractivity contribution in [3.8, 4) is 17.2 Å². The molecule has 3 N–H and O–H groups in total. The molecule has 0 aliphatic carbocycles. The molecule has 0 aliphatic rings. The molecule has 0 aromatic heterocycles. The minimum absolute atomic E-state index is 0.146. The minimum atomic E-state index is 0.146. The lowest BCUT2D eigenvalue weighted by Crippen LogP contribution is -2.07. The molecule has 0 aliphatic heterocycles. The van der Waals surface area contributed by atoms with E-state index in [4.69, 9.17) is 0 Å². The second kappa shape index (κ2) is 8.17. The third-order valence-corrected chi connectivity index (χ3v) is 5.10. The average molecular weight is 362 g/mol. The van der Waals surface area contributed by atoms with Crippen molar-refractivity contribution in [2.75, 3.05) is 0 Å². The van der Waals surface area contributed by atoms with Crippen LogP contribution in [0, 0.1) is 0 Å². The third kappa shape index (κ3) is 4.62. The molecular weight excluding hydrogens is 336 g/mol. The SMILES string of the molecule is CC(Cc1ccc(O)cc1)c1cccc(O)c1C(C)Cc1ccc(O)cc1. The van der Waals surface area contributed by atoms with E-state index in [1.807, 2.05) is 30.3 Å². The highest BCUT2D eigenvalue weighted by Crippen LogP contribution is 2.36. The summed E-state index contributed by atoms with van der Waals surface area (Å²) in [4.78, 5) is 0. The Kier molecular flexibility index (Phi) is 5.70. The van der Waals surface area contributed by atoms with Crippen LogP contribution in [0.1, 0.15) is 47.9 Å². The van der Waals surface area contributed by atoms with Crippen molar-refractivity contribution in [3.63, 3.8) is 0 Å². The lowest BCUT2D eigenvalue weighted by molar-refractivity contribution is 0.459. The van der Waals surface area contributed by atoms with Gasteiger partial charge in [0.2, 0.25) is 0 Å². The van der Waals surface area contributed by atoms with Crippen molar-refractivity contribution < 1.29 is 15.3 Å². The maximum Gasteiger partial charge on any atom is 0.119 e. The molecule has 0 amide bonds. The van der Waals surface area contributed by atoms with Gasteiger partial charge in [0.25, 0.3) is 0 Å². The lowest BCUT2D eigenvalue weighted by Gasteiger charge is -2.22. The average Bonchev–Trinajstić information content (AvgIpc) is 2.65. The van der Waals surface area contributed by atoms with Crippen LogP contribution in [0.2, 0.25) is 0 Å². The van der Waals surface area contributed by atoms with Crippen LogP contribution in [-0.4, -0.2) is 15.3 Å². The van der Waals surface area contributed by atoms with Crippen molar-refractivity contribution in [1.29, 1.82) is 0 Å². The van der Waals surface area contributed by atoms with Crippen LogP contribution in [0.4, 0.5) is 0 Å². The first-order chi connectivity index (χ1) is 12.9. The fraction of sp³-hybridized carbons (Fsp3) is 0.250. The highest BCUT2D eigenvalue weighted by molar-refractivity contribution is 5.45. The van der Waals surface area contributed by atoms with E-state index in [-0.39, 0.29) is 23.3 Å². The van der Waals surface area contributed by atoms with Crippen LogP contribution >= 0.6 is 0 Å². The summed E-state index contributed by atoms with van der Waals surface area (Å²) in [6.45, 7) is 4.29. The molecule has 3 rings (SSSR count). The van der Waals surface area contributed by atoms with Gasteiger partial charge in [-0.1, -0.05) is 50.2 Å². The highest BCUT2D eigenvalue weighted by atomic mass is 16.3. The second-order valence-electron chi connectivity index (χ2n) is 7.32. The zero-order valence-corrected chi connectivity index (χ0v) is 15.8. The fourth-order valence-electron chi connectivity index (χ4n) is 3.72. The molecule has 0 heterocycles. The number of hydrogen-bond acceptors (Lipinski definition) is 3. The summed E-state index contributed by atoms with van der Waals surface area (Å²) in [6.07, 6.45) is 1.62. The Morgan fingerprint density at radius 1 is 0.630 bits per heavy atom. The largest absolute Gasteiger partial charge is 0.508 e. The van der Waals surface area contributed by atoms with Gasteiger partial charge in [0.05, 0.1) is 0 Å². The van der Waals surface area contributed by atoms with Crippen LogP contribution in [0.5, 0.6) is 17.2 Å². The van der Waals surface area contributed by atoms with E-state index < -0.39 is 0 Å². The van der Waals surface area contributed by atoms with Gasteiger partial charge in [0, 0.05) is 5.56 Å². The molecule has 0 saturated heterocycles. The van der Waals surface area contributed by atoms with Crippen LogP contribution in [0.15, 0.2) is 66.7 Å². The molecule has 0 bridgehead atoms.